The summed E-state index contributed by atoms with van der Waals surface area (Å²) >= 11 is 0. The zero-order valence-corrected chi connectivity index (χ0v) is 12.1. The largest absolute Gasteiger partial charge is 0.396 e. The summed E-state index contributed by atoms with van der Waals surface area (Å²) in [6.45, 7) is 0.0944. The Hall–Kier alpha value is -2.75. The third-order valence-electron chi connectivity index (χ3n) is 3.36. The molecule has 3 aromatic heterocycles. The van der Waals surface area contributed by atoms with E-state index in [9.17, 15) is 9.59 Å². The van der Waals surface area contributed by atoms with Gasteiger partial charge in [0.1, 0.15) is 0 Å². The number of hydrogen-bond acceptors (Lipinski definition) is 7. The first-order valence-electron chi connectivity index (χ1n) is 6.56. The predicted molar refractivity (Wildman–Crippen MR) is 74.4 cm³/mol. The van der Waals surface area contributed by atoms with Gasteiger partial charge in [0.2, 0.25) is 5.89 Å². The summed E-state index contributed by atoms with van der Waals surface area (Å²) < 4.78 is 8.86. The van der Waals surface area contributed by atoms with Crippen LogP contribution in [0.2, 0.25) is 0 Å². The second-order valence-electron chi connectivity index (χ2n) is 4.83. The van der Waals surface area contributed by atoms with Crippen LogP contribution in [-0.4, -0.2) is 40.5 Å². The van der Waals surface area contributed by atoms with E-state index in [0.717, 1.165) is 4.57 Å². The van der Waals surface area contributed by atoms with E-state index in [1.807, 2.05) is 0 Å². The summed E-state index contributed by atoms with van der Waals surface area (Å²) in [6, 6.07) is 0. The SMILES string of the molecule is Cn1c(=O)c2c(ncn2Cc2noc(CCO)n2)n(C)c1=O. The number of aliphatic hydroxyl groups is 1. The molecular formula is C12H14N6O4. The molecule has 0 saturated heterocycles. The van der Waals surface area contributed by atoms with Crippen molar-refractivity contribution in [3.63, 3.8) is 0 Å². The van der Waals surface area contributed by atoms with Crippen molar-refractivity contribution >= 4 is 11.2 Å². The standard InChI is InChI=1S/C12H14N6O4/c1-16-10-9(11(20)17(2)12(16)21)18(6-13-10)5-7-14-8(3-4-19)22-15-7/h6,19H,3-5H2,1-2H3. The maximum atomic E-state index is 12.3. The van der Waals surface area contributed by atoms with Crippen LogP contribution in [0.3, 0.4) is 0 Å². The van der Waals surface area contributed by atoms with Crippen LogP contribution in [0.15, 0.2) is 20.4 Å². The molecule has 0 aliphatic carbocycles. The zero-order valence-electron chi connectivity index (χ0n) is 12.1. The molecular weight excluding hydrogens is 292 g/mol. The fraction of sp³-hybridized carbons (Fsp3) is 0.417. The van der Waals surface area contributed by atoms with Gasteiger partial charge in [0.15, 0.2) is 17.0 Å². The van der Waals surface area contributed by atoms with Crippen LogP contribution in [0, 0.1) is 0 Å². The van der Waals surface area contributed by atoms with Crippen LogP contribution >= 0.6 is 0 Å². The minimum Gasteiger partial charge on any atom is -0.396 e. The number of aryl methyl sites for hydroxylation is 1. The normalized spacial score (nSPS) is 11.4. The minimum atomic E-state index is -0.437. The summed E-state index contributed by atoms with van der Waals surface area (Å²) in [6.07, 6.45) is 1.72. The molecule has 10 heteroatoms. The number of hydrogen-bond donors (Lipinski definition) is 1. The van der Waals surface area contributed by atoms with Gasteiger partial charge in [-0.05, 0) is 0 Å². The van der Waals surface area contributed by atoms with Crippen LogP contribution in [0.5, 0.6) is 0 Å². The van der Waals surface area contributed by atoms with Gasteiger partial charge >= 0.3 is 5.69 Å². The maximum absolute atomic E-state index is 12.3. The Morgan fingerprint density at radius 2 is 2.05 bits per heavy atom. The van der Waals surface area contributed by atoms with Crippen LogP contribution in [0.4, 0.5) is 0 Å². The summed E-state index contributed by atoms with van der Waals surface area (Å²) in [5.74, 6) is 0.681. The summed E-state index contributed by atoms with van der Waals surface area (Å²) in [5.41, 5.74) is -0.285. The van der Waals surface area contributed by atoms with Crippen molar-refractivity contribution in [3.8, 4) is 0 Å². The topological polar surface area (TPSA) is 121 Å². The number of nitrogens with zero attached hydrogens (tertiary/aromatic N) is 6. The van der Waals surface area contributed by atoms with Gasteiger partial charge in [0.05, 0.1) is 25.9 Å². The lowest BCUT2D eigenvalue weighted by molar-refractivity contribution is 0.273. The van der Waals surface area contributed by atoms with Crippen molar-refractivity contribution in [2.45, 2.75) is 13.0 Å². The lowest BCUT2D eigenvalue weighted by Crippen LogP contribution is -2.37. The Labute approximate surface area is 123 Å². The van der Waals surface area contributed by atoms with Crippen molar-refractivity contribution in [2.24, 2.45) is 14.1 Å². The average Bonchev–Trinajstić information content (AvgIpc) is 3.11. The predicted octanol–water partition coefficient (Wildman–Crippen LogP) is -1.60. The van der Waals surface area contributed by atoms with E-state index in [1.54, 1.807) is 11.6 Å². The molecule has 1 N–H and O–H groups in total. The highest BCUT2D eigenvalue weighted by Gasteiger charge is 2.16. The van der Waals surface area contributed by atoms with E-state index in [4.69, 9.17) is 9.63 Å². The Balaban J connectivity index is 2.08. The van der Waals surface area contributed by atoms with Crippen LogP contribution in [-0.2, 0) is 27.1 Å². The fourth-order valence-corrected chi connectivity index (χ4v) is 2.22. The Morgan fingerprint density at radius 3 is 2.77 bits per heavy atom. The highest BCUT2D eigenvalue weighted by molar-refractivity contribution is 5.70. The van der Waals surface area contributed by atoms with Crippen molar-refractivity contribution in [2.75, 3.05) is 6.61 Å². The van der Waals surface area contributed by atoms with Crippen molar-refractivity contribution in [3.05, 3.63) is 38.9 Å². The molecule has 0 spiro atoms. The quantitative estimate of drug-likeness (QED) is 0.616. The number of aliphatic hydroxyl groups excluding tert-OH is 1. The Morgan fingerprint density at radius 1 is 1.27 bits per heavy atom. The summed E-state index contributed by atoms with van der Waals surface area (Å²) in [5, 5.41) is 12.6. The van der Waals surface area contributed by atoms with Gasteiger partial charge in [-0.15, -0.1) is 0 Å². The molecule has 0 fully saturated rings. The molecule has 0 atom stereocenters. The van der Waals surface area contributed by atoms with Gasteiger partial charge in [0.25, 0.3) is 5.56 Å². The number of aromatic nitrogens is 6. The van der Waals surface area contributed by atoms with Crippen LogP contribution in [0.1, 0.15) is 11.7 Å². The number of imidazole rings is 1. The molecule has 3 aromatic rings. The summed E-state index contributed by atoms with van der Waals surface area (Å²) in [4.78, 5) is 32.3. The molecule has 0 aromatic carbocycles. The van der Waals surface area contributed by atoms with Crippen molar-refractivity contribution in [1.82, 2.24) is 28.8 Å². The number of rotatable bonds is 4. The van der Waals surface area contributed by atoms with Gasteiger partial charge < -0.3 is 14.2 Å². The molecule has 10 nitrogen and oxygen atoms in total. The second kappa shape index (κ2) is 5.22. The van der Waals surface area contributed by atoms with Gasteiger partial charge in [-0.25, -0.2) is 9.78 Å². The second-order valence-corrected chi connectivity index (χ2v) is 4.83. The third kappa shape index (κ3) is 2.13. The molecule has 3 rings (SSSR count). The van der Waals surface area contributed by atoms with Crippen LogP contribution < -0.4 is 11.2 Å². The first kappa shape index (κ1) is 14.2. The minimum absolute atomic E-state index is 0.0850. The number of fused-ring (bicyclic) bond motifs is 1. The molecule has 0 unspecified atom stereocenters. The smallest absolute Gasteiger partial charge is 0.332 e. The highest BCUT2D eigenvalue weighted by Crippen LogP contribution is 2.08. The molecule has 3 heterocycles. The third-order valence-corrected chi connectivity index (χ3v) is 3.36. The molecule has 0 aliphatic heterocycles. The fourth-order valence-electron chi connectivity index (χ4n) is 2.22. The van der Waals surface area contributed by atoms with Gasteiger partial charge in [-0.3, -0.25) is 13.9 Å². The molecule has 0 saturated carbocycles. The lowest BCUT2D eigenvalue weighted by Gasteiger charge is -2.04. The molecule has 0 radical (unpaired) electrons. The van der Waals surface area contributed by atoms with Gasteiger partial charge in [-0.1, -0.05) is 5.16 Å². The van der Waals surface area contributed by atoms with Gasteiger partial charge in [-0.2, -0.15) is 4.98 Å². The zero-order chi connectivity index (χ0) is 15.9. The average molecular weight is 306 g/mol. The first-order valence-corrected chi connectivity index (χ1v) is 6.56. The Kier molecular flexibility index (Phi) is 3.37. The van der Waals surface area contributed by atoms with Gasteiger partial charge in [0, 0.05) is 14.1 Å². The molecule has 0 bridgehead atoms. The molecule has 116 valence electrons. The Bertz CT molecular complexity index is 947. The van der Waals surface area contributed by atoms with Crippen molar-refractivity contribution < 1.29 is 9.63 Å². The van der Waals surface area contributed by atoms with E-state index in [0.29, 0.717) is 17.4 Å². The summed E-state index contributed by atoms with van der Waals surface area (Å²) in [7, 11) is 2.96. The van der Waals surface area contributed by atoms with E-state index in [1.165, 1.54) is 17.9 Å². The van der Waals surface area contributed by atoms with E-state index in [-0.39, 0.29) is 25.1 Å². The van der Waals surface area contributed by atoms with E-state index >= 15 is 0 Å². The van der Waals surface area contributed by atoms with E-state index in [2.05, 4.69) is 15.1 Å². The lowest BCUT2D eigenvalue weighted by atomic mass is 10.4. The molecule has 22 heavy (non-hydrogen) atoms. The monoisotopic (exact) mass is 306 g/mol. The molecule has 0 amide bonds. The van der Waals surface area contributed by atoms with Crippen LogP contribution in [0.25, 0.3) is 11.2 Å². The highest BCUT2D eigenvalue weighted by atomic mass is 16.5. The van der Waals surface area contributed by atoms with E-state index < -0.39 is 11.2 Å². The molecule has 0 aliphatic rings. The maximum Gasteiger partial charge on any atom is 0.332 e. The van der Waals surface area contributed by atoms with Crippen molar-refractivity contribution in [1.29, 1.82) is 0 Å². The first-order chi connectivity index (χ1) is 10.5.